The van der Waals surface area contributed by atoms with Crippen LogP contribution in [0.4, 0.5) is 0 Å². The third-order valence-corrected chi connectivity index (χ3v) is 6.08. The molecule has 0 spiro atoms. The van der Waals surface area contributed by atoms with Crippen molar-refractivity contribution in [2.24, 2.45) is 0 Å². The van der Waals surface area contributed by atoms with Gasteiger partial charge in [-0.15, -0.1) is 11.3 Å². The first-order chi connectivity index (χ1) is 13.7. The molecule has 28 heavy (non-hydrogen) atoms. The molecule has 1 fully saturated rings. The topological polar surface area (TPSA) is 49.3 Å². The molecule has 4 rings (SSSR count). The number of aromatic nitrogens is 2. The second-order valence-electron chi connectivity index (χ2n) is 7.08. The molecule has 0 unspecified atom stereocenters. The van der Waals surface area contributed by atoms with Crippen molar-refractivity contribution in [3.8, 4) is 10.6 Å². The van der Waals surface area contributed by atoms with E-state index in [9.17, 15) is 4.79 Å². The molecule has 1 aromatic carbocycles. The number of rotatable bonds is 4. The molecule has 0 atom stereocenters. The number of hydrogen-bond donors (Lipinski definition) is 0. The van der Waals surface area contributed by atoms with E-state index >= 15 is 0 Å². The molecule has 0 bridgehead atoms. The van der Waals surface area contributed by atoms with E-state index in [1.54, 1.807) is 23.6 Å². The Morgan fingerprint density at radius 3 is 2.71 bits per heavy atom. The number of benzene rings is 1. The number of nitrogens with zero attached hydrogens (tertiary/aromatic N) is 4. The van der Waals surface area contributed by atoms with E-state index in [-0.39, 0.29) is 5.91 Å². The molecule has 0 saturated carbocycles. The van der Waals surface area contributed by atoms with Gasteiger partial charge in [0, 0.05) is 55.6 Å². The van der Waals surface area contributed by atoms with Crippen LogP contribution in [0.15, 0.2) is 54.9 Å². The van der Waals surface area contributed by atoms with E-state index < -0.39 is 0 Å². The highest BCUT2D eigenvalue weighted by atomic mass is 32.1. The lowest BCUT2D eigenvalue weighted by Gasteiger charge is -2.21. The van der Waals surface area contributed by atoms with Gasteiger partial charge in [0.1, 0.15) is 10.7 Å². The summed E-state index contributed by atoms with van der Waals surface area (Å²) in [5.74, 6) is 0.0297. The highest BCUT2D eigenvalue weighted by Crippen LogP contribution is 2.28. The van der Waals surface area contributed by atoms with Gasteiger partial charge in [-0.05, 0) is 31.0 Å². The molecule has 3 aromatic rings. The number of pyridine rings is 1. The average Bonchev–Trinajstić information content (AvgIpc) is 3.06. The summed E-state index contributed by atoms with van der Waals surface area (Å²) in [4.78, 5) is 27.1. The predicted molar refractivity (Wildman–Crippen MR) is 112 cm³/mol. The lowest BCUT2D eigenvalue weighted by molar-refractivity contribution is 0.0755. The van der Waals surface area contributed by atoms with Gasteiger partial charge < -0.3 is 4.90 Å². The second kappa shape index (κ2) is 8.63. The largest absolute Gasteiger partial charge is 0.336 e. The van der Waals surface area contributed by atoms with Crippen molar-refractivity contribution >= 4 is 17.2 Å². The standard InChI is InChI=1S/C22H24N4OS/c1-17-7-2-3-8-19(17)21-24-15-18(28-21)16-25-11-6-12-26(14-13-25)22(27)20-9-4-5-10-23-20/h2-5,7-10,15H,6,11-14,16H2,1H3. The minimum atomic E-state index is 0.0297. The molecule has 2 aromatic heterocycles. The molecule has 0 radical (unpaired) electrons. The fourth-order valence-corrected chi connectivity index (χ4v) is 4.57. The van der Waals surface area contributed by atoms with Gasteiger partial charge in [-0.25, -0.2) is 4.98 Å². The SMILES string of the molecule is Cc1ccccc1-c1ncc(CN2CCCN(C(=O)c3ccccn3)CC2)s1. The van der Waals surface area contributed by atoms with E-state index in [2.05, 4.69) is 46.1 Å². The van der Waals surface area contributed by atoms with Gasteiger partial charge in [-0.2, -0.15) is 0 Å². The molecule has 3 heterocycles. The summed E-state index contributed by atoms with van der Waals surface area (Å²) in [6.45, 7) is 6.38. The Morgan fingerprint density at radius 1 is 1.04 bits per heavy atom. The van der Waals surface area contributed by atoms with Crippen LogP contribution in [-0.2, 0) is 6.54 Å². The molecule has 6 heteroatoms. The predicted octanol–water partition coefficient (Wildman–Crippen LogP) is 3.86. The third-order valence-electron chi connectivity index (χ3n) is 5.07. The van der Waals surface area contributed by atoms with Crippen LogP contribution in [0.1, 0.15) is 27.3 Å². The summed E-state index contributed by atoms with van der Waals surface area (Å²) in [7, 11) is 0. The van der Waals surface area contributed by atoms with Gasteiger partial charge in [0.25, 0.3) is 5.91 Å². The normalized spacial score (nSPS) is 15.4. The first-order valence-corrected chi connectivity index (χ1v) is 10.5. The summed E-state index contributed by atoms with van der Waals surface area (Å²) >= 11 is 1.76. The minimum Gasteiger partial charge on any atom is -0.336 e. The Bertz CT molecular complexity index is 940. The van der Waals surface area contributed by atoms with Crippen LogP contribution >= 0.6 is 11.3 Å². The van der Waals surface area contributed by atoms with Crippen molar-refractivity contribution in [1.29, 1.82) is 0 Å². The van der Waals surface area contributed by atoms with Gasteiger partial charge in [0.05, 0.1) is 0 Å². The van der Waals surface area contributed by atoms with Crippen LogP contribution in [0.2, 0.25) is 0 Å². The summed E-state index contributed by atoms with van der Waals surface area (Å²) in [6, 6.07) is 13.9. The molecule has 1 aliphatic heterocycles. The van der Waals surface area contributed by atoms with Crippen molar-refractivity contribution in [3.05, 3.63) is 71.0 Å². The van der Waals surface area contributed by atoms with Crippen molar-refractivity contribution in [2.75, 3.05) is 26.2 Å². The lowest BCUT2D eigenvalue weighted by atomic mass is 10.1. The minimum absolute atomic E-state index is 0.0297. The van der Waals surface area contributed by atoms with E-state index in [1.165, 1.54) is 16.0 Å². The molecule has 144 valence electrons. The molecule has 1 aliphatic rings. The molecule has 0 aliphatic carbocycles. The summed E-state index contributed by atoms with van der Waals surface area (Å²) in [5.41, 5.74) is 2.99. The Morgan fingerprint density at radius 2 is 1.89 bits per heavy atom. The molecule has 0 N–H and O–H groups in total. The quantitative estimate of drug-likeness (QED) is 0.676. The average molecular weight is 393 g/mol. The number of aryl methyl sites for hydroxylation is 1. The summed E-state index contributed by atoms with van der Waals surface area (Å²) < 4.78 is 0. The number of carbonyl (C=O) groups excluding carboxylic acids is 1. The van der Waals surface area contributed by atoms with Crippen molar-refractivity contribution in [3.63, 3.8) is 0 Å². The van der Waals surface area contributed by atoms with E-state index in [0.29, 0.717) is 5.69 Å². The number of amides is 1. The smallest absolute Gasteiger partial charge is 0.272 e. The fraction of sp³-hybridized carbons (Fsp3) is 0.318. The Labute approximate surface area is 169 Å². The highest BCUT2D eigenvalue weighted by Gasteiger charge is 2.21. The zero-order valence-electron chi connectivity index (χ0n) is 16.0. The zero-order valence-corrected chi connectivity index (χ0v) is 16.9. The van der Waals surface area contributed by atoms with Crippen molar-refractivity contribution in [1.82, 2.24) is 19.8 Å². The maximum Gasteiger partial charge on any atom is 0.272 e. The monoisotopic (exact) mass is 392 g/mol. The lowest BCUT2D eigenvalue weighted by Crippen LogP contribution is -2.35. The van der Waals surface area contributed by atoms with Crippen LogP contribution in [0.3, 0.4) is 0 Å². The van der Waals surface area contributed by atoms with Gasteiger partial charge in [-0.1, -0.05) is 30.3 Å². The van der Waals surface area contributed by atoms with Crippen LogP contribution in [0.25, 0.3) is 10.6 Å². The molecular weight excluding hydrogens is 368 g/mol. The summed E-state index contributed by atoms with van der Waals surface area (Å²) in [6.07, 6.45) is 4.64. The molecule has 1 saturated heterocycles. The van der Waals surface area contributed by atoms with Gasteiger partial charge in [0.2, 0.25) is 0 Å². The Balaban J connectivity index is 1.38. The number of carbonyl (C=O) groups is 1. The maximum absolute atomic E-state index is 12.6. The van der Waals surface area contributed by atoms with Crippen molar-refractivity contribution < 1.29 is 4.79 Å². The van der Waals surface area contributed by atoms with Crippen LogP contribution in [0, 0.1) is 6.92 Å². The highest BCUT2D eigenvalue weighted by molar-refractivity contribution is 7.15. The van der Waals surface area contributed by atoms with E-state index in [4.69, 9.17) is 0 Å². The summed E-state index contributed by atoms with van der Waals surface area (Å²) in [5, 5.41) is 1.08. The second-order valence-corrected chi connectivity index (χ2v) is 8.20. The molecule has 1 amide bonds. The fourth-order valence-electron chi connectivity index (χ4n) is 3.52. The first kappa shape index (κ1) is 18.8. The van der Waals surface area contributed by atoms with E-state index in [1.807, 2.05) is 23.2 Å². The van der Waals surface area contributed by atoms with Crippen LogP contribution < -0.4 is 0 Å². The number of hydrogen-bond acceptors (Lipinski definition) is 5. The first-order valence-electron chi connectivity index (χ1n) is 9.64. The van der Waals surface area contributed by atoms with Crippen LogP contribution in [0.5, 0.6) is 0 Å². The number of thiazole rings is 1. The van der Waals surface area contributed by atoms with Crippen LogP contribution in [-0.4, -0.2) is 51.9 Å². The van der Waals surface area contributed by atoms with E-state index in [0.717, 1.165) is 44.2 Å². The van der Waals surface area contributed by atoms with Gasteiger partial charge in [0.15, 0.2) is 0 Å². The maximum atomic E-state index is 12.6. The Hall–Kier alpha value is -2.57. The molecule has 5 nitrogen and oxygen atoms in total. The van der Waals surface area contributed by atoms with Gasteiger partial charge in [-0.3, -0.25) is 14.7 Å². The molecular formula is C22H24N4OS. The van der Waals surface area contributed by atoms with Crippen molar-refractivity contribution in [2.45, 2.75) is 19.9 Å². The third kappa shape index (κ3) is 4.29. The Kier molecular flexibility index (Phi) is 5.78. The van der Waals surface area contributed by atoms with Gasteiger partial charge >= 0.3 is 0 Å². The zero-order chi connectivity index (χ0) is 19.3.